The zero-order chi connectivity index (χ0) is 22.9. The molecule has 5 nitrogen and oxygen atoms in total. The van der Waals surface area contributed by atoms with Gasteiger partial charge in [0.2, 0.25) is 0 Å². The lowest BCUT2D eigenvalue weighted by Gasteiger charge is -2.05. The Morgan fingerprint density at radius 3 is 2.65 bits per heavy atom. The Hall–Kier alpha value is -2.46. The van der Waals surface area contributed by atoms with E-state index in [1.807, 2.05) is 0 Å². The van der Waals surface area contributed by atoms with Gasteiger partial charge in [-0.1, -0.05) is 30.4 Å². The molecule has 176 valence electrons. The highest BCUT2D eigenvalue weighted by molar-refractivity contribution is 7.37. The SMILES string of the molecule is C\C1=C/C=C(c2ccc3nc([C@@H]4CCCN4)[pH]c3c2)\C=C\CCCc2[nH]c([C@@H]3CCCN3)nc21. The van der Waals surface area contributed by atoms with Crippen molar-refractivity contribution in [3.05, 3.63) is 70.7 Å². The van der Waals surface area contributed by atoms with Crippen molar-refractivity contribution in [2.75, 3.05) is 13.1 Å². The third-order valence-electron chi connectivity index (χ3n) is 7.39. The number of aromatic amines is 1. The van der Waals surface area contributed by atoms with Crippen LogP contribution in [0.15, 0.2) is 42.5 Å². The maximum Gasteiger partial charge on any atom is 0.124 e. The summed E-state index contributed by atoms with van der Waals surface area (Å²) in [5, 5.41) is 8.58. The Morgan fingerprint density at radius 2 is 1.82 bits per heavy atom. The summed E-state index contributed by atoms with van der Waals surface area (Å²) in [6, 6.07) is 7.66. The quantitative estimate of drug-likeness (QED) is 0.424. The summed E-state index contributed by atoms with van der Waals surface area (Å²) >= 11 is 0. The van der Waals surface area contributed by atoms with Crippen molar-refractivity contribution < 1.29 is 0 Å². The van der Waals surface area contributed by atoms with E-state index in [1.165, 1.54) is 58.6 Å². The molecule has 2 saturated heterocycles. The number of H-pyrrole nitrogens is 1. The third kappa shape index (κ3) is 4.45. The van der Waals surface area contributed by atoms with Gasteiger partial charge in [0.15, 0.2) is 0 Å². The highest BCUT2D eigenvalue weighted by Crippen LogP contribution is 2.36. The molecule has 2 fully saturated rings. The molecule has 34 heavy (non-hydrogen) atoms. The molecule has 3 atom stereocenters. The molecule has 1 unspecified atom stereocenters. The fourth-order valence-electron chi connectivity index (χ4n) is 5.46. The van der Waals surface area contributed by atoms with Crippen LogP contribution < -0.4 is 10.6 Å². The van der Waals surface area contributed by atoms with E-state index >= 15 is 0 Å². The molecule has 6 rings (SSSR count). The number of benzene rings is 1. The Balaban J connectivity index is 1.33. The monoisotopic (exact) mass is 471 g/mol. The molecule has 0 spiro atoms. The topological polar surface area (TPSA) is 65.6 Å². The van der Waals surface area contributed by atoms with Crippen molar-refractivity contribution in [3.8, 4) is 0 Å². The minimum atomic E-state index is 0.373. The molecule has 3 aromatic rings. The maximum atomic E-state index is 5.05. The van der Waals surface area contributed by atoms with E-state index in [-0.39, 0.29) is 0 Å². The minimum Gasteiger partial charge on any atom is -0.344 e. The van der Waals surface area contributed by atoms with Crippen LogP contribution >= 0.6 is 8.19 Å². The van der Waals surface area contributed by atoms with Gasteiger partial charge in [0.25, 0.3) is 0 Å². The minimum absolute atomic E-state index is 0.373. The Kier molecular flexibility index (Phi) is 6.26. The average Bonchev–Trinajstić information content (AvgIpc) is 3.65. The van der Waals surface area contributed by atoms with E-state index in [1.54, 1.807) is 0 Å². The first kappa shape index (κ1) is 22.0. The van der Waals surface area contributed by atoms with Crippen molar-refractivity contribution >= 4 is 30.0 Å². The van der Waals surface area contributed by atoms with Gasteiger partial charge < -0.3 is 15.6 Å². The number of rotatable bonds is 3. The maximum absolute atomic E-state index is 5.05. The van der Waals surface area contributed by atoms with Gasteiger partial charge >= 0.3 is 0 Å². The largest absolute Gasteiger partial charge is 0.344 e. The lowest BCUT2D eigenvalue weighted by molar-refractivity contribution is 0.610. The molecular weight excluding hydrogens is 437 g/mol. The molecule has 1 aliphatic carbocycles. The van der Waals surface area contributed by atoms with E-state index < -0.39 is 0 Å². The first-order valence-electron chi connectivity index (χ1n) is 12.9. The first-order valence-corrected chi connectivity index (χ1v) is 13.9. The summed E-state index contributed by atoms with van der Waals surface area (Å²) in [5.41, 5.74) is 8.68. The molecule has 0 radical (unpaired) electrons. The molecule has 0 amide bonds. The van der Waals surface area contributed by atoms with Gasteiger partial charge in [0, 0.05) is 10.8 Å². The van der Waals surface area contributed by atoms with E-state index in [9.17, 15) is 0 Å². The Bertz CT molecular complexity index is 1270. The van der Waals surface area contributed by atoms with Crippen LogP contribution in [0.1, 0.15) is 85.7 Å². The van der Waals surface area contributed by atoms with Gasteiger partial charge in [0.1, 0.15) is 5.82 Å². The van der Waals surface area contributed by atoms with E-state index in [0.717, 1.165) is 49.4 Å². The van der Waals surface area contributed by atoms with Crippen LogP contribution in [0.4, 0.5) is 0 Å². The smallest absolute Gasteiger partial charge is 0.124 e. The van der Waals surface area contributed by atoms with Crippen molar-refractivity contribution in [2.45, 2.75) is 64.0 Å². The zero-order valence-corrected chi connectivity index (χ0v) is 21.0. The van der Waals surface area contributed by atoms with Gasteiger partial charge in [-0.3, -0.25) is 0 Å². The number of hydrogen-bond acceptors (Lipinski definition) is 4. The highest BCUT2D eigenvalue weighted by atomic mass is 31.0. The van der Waals surface area contributed by atoms with Crippen LogP contribution in [-0.2, 0) is 6.42 Å². The second kappa shape index (κ2) is 9.65. The van der Waals surface area contributed by atoms with Crippen LogP contribution in [0.25, 0.3) is 21.8 Å². The Labute approximate surface area is 203 Å². The summed E-state index contributed by atoms with van der Waals surface area (Å²) in [6.07, 6.45) is 17.2. The summed E-state index contributed by atoms with van der Waals surface area (Å²) < 4.78 is 0. The van der Waals surface area contributed by atoms with Gasteiger partial charge in [-0.25, -0.2) is 9.97 Å². The second-order valence-electron chi connectivity index (χ2n) is 9.87. The number of allylic oxidation sites excluding steroid dienone is 6. The van der Waals surface area contributed by atoms with Crippen molar-refractivity contribution in [2.24, 2.45) is 0 Å². The van der Waals surface area contributed by atoms with Gasteiger partial charge in [-0.2, -0.15) is 0 Å². The van der Waals surface area contributed by atoms with Gasteiger partial charge in [-0.05, 0) is 93.8 Å². The van der Waals surface area contributed by atoms with Gasteiger partial charge in [0.05, 0.1) is 28.7 Å². The Morgan fingerprint density at radius 1 is 0.971 bits per heavy atom. The normalized spacial score (nSPS) is 27.8. The van der Waals surface area contributed by atoms with Crippen LogP contribution in [0.2, 0.25) is 0 Å². The average molecular weight is 472 g/mol. The molecule has 1 aromatic carbocycles. The molecular formula is C28H34N5P. The molecule has 2 aromatic heterocycles. The predicted molar refractivity (Wildman–Crippen MR) is 143 cm³/mol. The fourth-order valence-corrected chi connectivity index (χ4v) is 6.83. The third-order valence-corrected chi connectivity index (χ3v) is 8.78. The second-order valence-corrected chi connectivity index (χ2v) is 11.2. The lowest BCUT2D eigenvalue weighted by atomic mass is 10.0. The fraction of sp³-hybridized carbons (Fsp3) is 0.429. The summed E-state index contributed by atoms with van der Waals surface area (Å²) in [4.78, 5) is 13.7. The molecule has 6 heteroatoms. The van der Waals surface area contributed by atoms with Crippen LogP contribution in [0.5, 0.6) is 0 Å². The summed E-state index contributed by atoms with van der Waals surface area (Å²) in [5.74, 6) is 1.11. The first-order chi connectivity index (χ1) is 16.7. The lowest BCUT2D eigenvalue weighted by Crippen LogP contribution is -2.14. The molecule has 0 bridgehead atoms. The van der Waals surface area contributed by atoms with E-state index in [0.29, 0.717) is 20.3 Å². The zero-order valence-electron chi connectivity index (χ0n) is 20.0. The summed E-state index contributed by atoms with van der Waals surface area (Å²) in [7, 11) is 0.685. The van der Waals surface area contributed by atoms with Crippen molar-refractivity contribution in [3.63, 3.8) is 0 Å². The predicted octanol–water partition coefficient (Wildman–Crippen LogP) is 6.22. The number of aryl methyl sites for hydroxylation is 1. The van der Waals surface area contributed by atoms with Crippen LogP contribution in [0, 0.1) is 0 Å². The standard InChI is InChI=1S/C28H34N5P/c1-18-11-12-19(20-13-14-21-25(17-20)34-28(32-21)24-10-6-16-30-24)7-3-2-4-8-22-26(18)33-27(31-22)23-9-5-15-29-23/h3,7,11-14,17,23-24,29-30,34H,2,4-6,8-10,15-16H2,1H3,(H,31,33)/b7-3+,18-11+,19-12+/t23-,24-/m0/s1. The molecule has 3 aliphatic rings. The van der Waals surface area contributed by atoms with Crippen LogP contribution in [0.3, 0.4) is 0 Å². The number of imidazole rings is 1. The van der Waals surface area contributed by atoms with Crippen molar-refractivity contribution in [1.29, 1.82) is 0 Å². The van der Waals surface area contributed by atoms with E-state index in [4.69, 9.17) is 9.97 Å². The van der Waals surface area contributed by atoms with Crippen molar-refractivity contribution in [1.82, 2.24) is 25.6 Å². The molecule has 0 saturated carbocycles. The molecule has 2 aliphatic heterocycles. The number of fused-ring (bicyclic) bond motifs is 2. The number of nitrogens with zero attached hydrogens (tertiary/aromatic N) is 2. The highest BCUT2D eigenvalue weighted by Gasteiger charge is 2.22. The van der Waals surface area contributed by atoms with Crippen LogP contribution in [-0.4, -0.2) is 28.0 Å². The number of nitrogens with one attached hydrogen (secondary N) is 3. The van der Waals surface area contributed by atoms with Gasteiger partial charge in [-0.15, -0.1) is 8.19 Å². The van der Waals surface area contributed by atoms with E-state index in [2.05, 4.69) is 65.0 Å². The number of hydrogen-bond donors (Lipinski definition) is 3. The number of aromatic nitrogens is 3. The molecule has 4 heterocycles. The summed E-state index contributed by atoms with van der Waals surface area (Å²) in [6.45, 7) is 4.41. The molecule has 3 N–H and O–H groups in total.